The number of rotatable bonds is 5. The summed E-state index contributed by atoms with van der Waals surface area (Å²) in [5.74, 6) is 1.11. The van der Waals surface area contributed by atoms with Gasteiger partial charge in [-0.15, -0.1) is 0 Å². The number of hydrogen-bond acceptors (Lipinski definition) is 3. The summed E-state index contributed by atoms with van der Waals surface area (Å²) in [6.45, 7) is 4.87. The summed E-state index contributed by atoms with van der Waals surface area (Å²) in [5, 5.41) is 3.07. The van der Waals surface area contributed by atoms with E-state index < -0.39 is 0 Å². The standard InChI is InChI=1S/C15H22N2O2/c1-2-16-12-15(18)17-10-8-14(9-11-17)19-13-6-4-3-5-7-13/h3-7,14,16H,2,8-12H2,1H3. The van der Waals surface area contributed by atoms with Gasteiger partial charge in [-0.3, -0.25) is 4.79 Å². The Hall–Kier alpha value is -1.55. The molecule has 4 heteroatoms. The van der Waals surface area contributed by atoms with Gasteiger partial charge in [-0.05, 0) is 18.7 Å². The van der Waals surface area contributed by atoms with Crippen LogP contribution < -0.4 is 10.1 Å². The molecule has 0 bridgehead atoms. The highest BCUT2D eigenvalue weighted by molar-refractivity contribution is 5.78. The second kappa shape index (κ2) is 7.14. The number of amides is 1. The summed E-state index contributed by atoms with van der Waals surface area (Å²) in [5.41, 5.74) is 0. The molecular formula is C15H22N2O2. The Morgan fingerprint density at radius 3 is 2.63 bits per heavy atom. The Bertz CT molecular complexity index is 386. The van der Waals surface area contributed by atoms with Crippen LogP contribution >= 0.6 is 0 Å². The maximum Gasteiger partial charge on any atom is 0.236 e. The van der Waals surface area contributed by atoms with Crippen molar-refractivity contribution < 1.29 is 9.53 Å². The fourth-order valence-electron chi connectivity index (χ4n) is 2.26. The topological polar surface area (TPSA) is 41.6 Å². The van der Waals surface area contributed by atoms with Gasteiger partial charge in [0.2, 0.25) is 5.91 Å². The van der Waals surface area contributed by atoms with Crippen LogP contribution in [-0.4, -0.2) is 43.1 Å². The third-order valence-corrected chi connectivity index (χ3v) is 3.37. The fourth-order valence-corrected chi connectivity index (χ4v) is 2.26. The molecule has 0 saturated carbocycles. The third-order valence-electron chi connectivity index (χ3n) is 3.37. The van der Waals surface area contributed by atoms with Gasteiger partial charge in [-0.25, -0.2) is 0 Å². The van der Waals surface area contributed by atoms with Gasteiger partial charge >= 0.3 is 0 Å². The summed E-state index contributed by atoms with van der Waals surface area (Å²) < 4.78 is 5.91. The molecule has 1 aromatic rings. The molecule has 1 aliphatic heterocycles. The molecule has 104 valence electrons. The van der Waals surface area contributed by atoms with Gasteiger partial charge in [-0.1, -0.05) is 25.1 Å². The molecular weight excluding hydrogens is 240 g/mol. The number of piperidine rings is 1. The smallest absolute Gasteiger partial charge is 0.236 e. The van der Waals surface area contributed by atoms with Crippen LogP contribution in [0, 0.1) is 0 Å². The van der Waals surface area contributed by atoms with Gasteiger partial charge in [0.25, 0.3) is 0 Å². The Kier molecular flexibility index (Phi) is 5.21. The molecule has 1 N–H and O–H groups in total. The molecule has 1 saturated heterocycles. The first-order valence-corrected chi connectivity index (χ1v) is 6.99. The van der Waals surface area contributed by atoms with Crippen molar-refractivity contribution in [2.75, 3.05) is 26.2 Å². The van der Waals surface area contributed by atoms with Gasteiger partial charge in [0, 0.05) is 25.9 Å². The Morgan fingerprint density at radius 1 is 1.32 bits per heavy atom. The van der Waals surface area contributed by atoms with Crippen LogP contribution in [0.4, 0.5) is 0 Å². The molecule has 1 aliphatic rings. The lowest BCUT2D eigenvalue weighted by Gasteiger charge is -2.32. The van der Waals surface area contributed by atoms with Gasteiger partial charge in [0.05, 0.1) is 6.54 Å². The molecule has 1 aromatic carbocycles. The largest absolute Gasteiger partial charge is 0.490 e. The highest BCUT2D eigenvalue weighted by Crippen LogP contribution is 2.18. The van der Waals surface area contributed by atoms with Crippen LogP contribution in [0.25, 0.3) is 0 Å². The molecule has 1 amide bonds. The van der Waals surface area contributed by atoms with Gasteiger partial charge in [0.1, 0.15) is 11.9 Å². The number of hydrogen-bond donors (Lipinski definition) is 1. The second-order valence-electron chi connectivity index (χ2n) is 4.79. The zero-order valence-electron chi connectivity index (χ0n) is 11.5. The van der Waals surface area contributed by atoms with Crippen LogP contribution in [0.5, 0.6) is 5.75 Å². The minimum Gasteiger partial charge on any atom is -0.490 e. The number of likely N-dealkylation sites (N-methyl/N-ethyl adjacent to an activating group) is 1. The third kappa shape index (κ3) is 4.24. The zero-order chi connectivity index (χ0) is 13.5. The Balaban J connectivity index is 1.75. The molecule has 0 aromatic heterocycles. The van der Waals surface area contributed by atoms with Crippen molar-refractivity contribution in [3.05, 3.63) is 30.3 Å². The Labute approximate surface area is 114 Å². The number of carbonyl (C=O) groups excluding carboxylic acids is 1. The first-order chi connectivity index (χ1) is 9.29. The number of para-hydroxylation sites is 1. The van der Waals surface area contributed by atoms with Crippen molar-refractivity contribution in [1.82, 2.24) is 10.2 Å². The van der Waals surface area contributed by atoms with Crippen molar-refractivity contribution in [3.63, 3.8) is 0 Å². The predicted octanol–water partition coefficient (Wildman–Crippen LogP) is 1.67. The maximum atomic E-state index is 11.8. The minimum absolute atomic E-state index is 0.194. The lowest BCUT2D eigenvalue weighted by atomic mass is 10.1. The van der Waals surface area contributed by atoms with Crippen molar-refractivity contribution in [3.8, 4) is 5.75 Å². The van der Waals surface area contributed by atoms with Gasteiger partial charge in [0.15, 0.2) is 0 Å². The number of benzene rings is 1. The monoisotopic (exact) mass is 262 g/mol. The zero-order valence-corrected chi connectivity index (χ0v) is 11.5. The molecule has 0 aliphatic carbocycles. The number of ether oxygens (including phenoxy) is 1. The van der Waals surface area contributed by atoms with Crippen molar-refractivity contribution in [1.29, 1.82) is 0 Å². The van der Waals surface area contributed by atoms with E-state index in [2.05, 4.69) is 5.32 Å². The van der Waals surface area contributed by atoms with Crippen molar-refractivity contribution >= 4 is 5.91 Å². The lowest BCUT2D eigenvalue weighted by Crippen LogP contribution is -2.45. The SMILES string of the molecule is CCNCC(=O)N1CCC(Oc2ccccc2)CC1. The quantitative estimate of drug-likeness (QED) is 0.877. The van der Waals surface area contributed by atoms with Gasteiger partial charge in [-0.2, -0.15) is 0 Å². The molecule has 19 heavy (non-hydrogen) atoms. The summed E-state index contributed by atoms with van der Waals surface area (Å²) >= 11 is 0. The van der Waals surface area contributed by atoms with Crippen LogP contribution in [0.2, 0.25) is 0 Å². The fraction of sp³-hybridized carbons (Fsp3) is 0.533. The molecule has 0 spiro atoms. The van der Waals surface area contributed by atoms with E-state index in [1.165, 1.54) is 0 Å². The van der Waals surface area contributed by atoms with Crippen LogP contribution in [0.1, 0.15) is 19.8 Å². The molecule has 1 heterocycles. The van der Waals surface area contributed by atoms with Crippen molar-refractivity contribution in [2.24, 2.45) is 0 Å². The number of likely N-dealkylation sites (tertiary alicyclic amines) is 1. The van der Waals surface area contributed by atoms with Crippen LogP contribution in [0.3, 0.4) is 0 Å². The molecule has 1 fully saturated rings. The molecule has 4 nitrogen and oxygen atoms in total. The summed E-state index contributed by atoms with van der Waals surface area (Å²) in [4.78, 5) is 13.8. The summed E-state index contributed by atoms with van der Waals surface area (Å²) in [6.07, 6.45) is 2.05. The molecule has 0 atom stereocenters. The maximum absolute atomic E-state index is 11.8. The summed E-state index contributed by atoms with van der Waals surface area (Å²) in [6, 6.07) is 9.88. The Morgan fingerprint density at radius 2 is 2.00 bits per heavy atom. The van der Waals surface area contributed by atoms with E-state index in [-0.39, 0.29) is 12.0 Å². The van der Waals surface area contributed by atoms with Gasteiger partial charge < -0.3 is 15.0 Å². The van der Waals surface area contributed by atoms with Crippen molar-refractivity contribution in [2.45, 2.75) is 25.9 Å². The minimum atomic E-state index is 0.194. The molecule has 2 rings (SSSR count). The molecule has 0 unspecified atom stereocenters. The lowest BCUT2D eigenvalue weighted by molar-refractivity contribution is -0.132. The van der Waals surface area contributed by atoms with E-state index in [0.29, 0.717) is 6.54 Å². The number of nitrogens with one attached hydrogen (secondary N) is 1. The summed E-state index contributed by atoms with van der Waals surface area (Å²) in [7, 11) is 0. The van der Waals surface area contributed by atoms with Crippen LogP contribution in [-0.2, 0) is 4.79 Å². The second-order valence-corrected chi connectivity index (χ2v) is 4.79. The first kappa shape index (κ1) is 13.9. The normalized spacial score (nSPS) is 16.4. The highest BCUT2D eigenvalue weighted by Gasteiger charge is 2.23. The average Bonchev–Trinajstić information content (AvgIpc) is 2.46. The average molecular weight is 262 g/mol. The van der Waals surface area contributed by atoms with E-state index in [1.807, 2.05) is 42.2 Å². The van der Waals surface area contributed by atoms with E-state index in [1.54, 1.807) is 0 Å². The number of nitrogens with zero attached hydrogens (tertiary/aromatic N) is 1. The highest BCUT2D eigenvalue weighted by atomic mass is 16.5. The number of carbonyl (C=O) groups is 1. The molecule has 0 radical (unpaired) electrons. The van der Waals surface area contributed by atoms with E-state index in [9.17, 15) is 4.79 Å². The van der Waals surface area contributed by atoms with E-state index in [4.69, 9.17) is 4.74 Å². The van der Waals surface area contributed by atoms with Crippen LogP contribution in [0.15, 0.2) is 30.3 Å². The van der Waals surface area contributed by atoms with E-state index >= 15 is 0 Å². The first-order valence-electron chi connectivity index (χ1n) is 6.99. The predicted molar refractivity (Wildman–Crippen MR) is 75.2 cm³/mol. The van der Waals surface area contributed by atoms with E-state index in [0.717, 1.165) is 38.2 Å².